The van der Waals surface area contributed by atoms with E-state index in [-0.39, 0.29) is 17.1 Å². The lowest BCUT2D eigenvalue weighted by Crippen LogP contribution is -2.37. The number of nitrogens with zero attached hydrogens (tertiary/aromatic N) is 3. The molecule has 152 valence electrons. The number of amides is 2. The summed E-state index contributed by atoms with van der Waals surface area (Å²) in [4.78, 5) is 26.4. The van der Waals surface area contributed by atoms with Gasteiger partial charge in [0.25, 0.3) is 5.91 Å². The number of aromatic nitrogens is 2. The number of halogens is 4. The molecule has 0 saturated carbocycles. The average molecular weight is 445 g/mol. The number of hydrogen-bond acceptors (Lipinski definition) is 6. The molecule has 1 aromatic carbocycles. The van der Waals surface area contributed by atoms with Crippen LogP contribution in [0.25, 0.3) is 0 Å². The molecule has 0 atom stereocenters. The molecule has 2 amide bonds. The maximum atomic E-state index is 13.0. The van der Waals surface area contributed by atoms with Gasteiger partial charge < -0.3 is 14.6 Å². The van der Waals surface area contributed by atoms with Gasteiger partial charge in [0.2, 0.25) is 5.91 Å². The van der Waals surface area contributed by atoms with Gasteiger partial charge in [-0.1, -0.05) is 16.1 Å². The summed E-state index contributed by atoms with van der Waals surface area (Å²) in [6.07, 6.45) is -1.99. The van der Waals surface area contributed by atoms with Crippen LogP contribution in [-0.2, 0) is 17.5 Å². The summed E-state index contributed by atoms with van der Waals surface area (Å²) in [7, 11) is 0. The number of furan rings is 1. The number of benzene rings is 1. The van der Waals surface area contributed by atoms with E-state index in [9.17, 15) is 22.8 Å². The Morgan fingerprint density at radius 1 is 1.28 bits per heavy atom. The van der Waals surface area contributed by atoms with Crippen LogP contribution in [0.2, 0.25) is 5.02 Å². The van der Waals surface area contributed by atoms with Crippen molar-refractivity contribution in [2.45, 2.75) is 12.7 Å². The summed E-state index contributed by atoms with van der Waals surface area (Å²) in [5.41, 5.74) is -1.17. The zero-order valence-corrected chi connectivity index (χ0v) is 16.0. The number of carbonyl (C=O) groups is 2. The van der Waals surface area contributed by atoms with Gasteiger partial charge >= 0.3 is 6.18 Å². The van der Waals surface area contributed by atoms with Crippen molar-refractivity contribution in [2.24, 2.45) is 0 Å². The molecule has 1 N–H and O–H groups in total. The van der Waals surface area contributed by atoms with Crippen LogP contribution in [0.1, 0.15) is 21.0 Å². The van der Waals surface area contributed by atoms with Crippen molar-refractivity contribution in [3.05, 3.63) is 64.0 Å². The largest absolute Gasteiger partial charge is 0.467 e. The van der Waals surface area contributed by atoms with Gasteiger partial charge in [0, 0.05) is 5.69 Å². The fraction of sp³-hybridized carbons (Fsp3) is 0.176. The molecule has 0 unspecified atom stereocenters. The Bertz CT molecular complexity index is 994. The molecular formula is C17H12ClF3N4O3S. The topological polar surface area (TPSA) is 88.3 Å². The minimum atomic E-state index is -4.67. The first-order chi connectivity index (χ1) is 13.7. The maximum Gasteiger partial charge on any atom is 0.417 e. The normalized spacial score (nSPS) is 11.3. The van der Waals surface area contributed by atoms with E-state index in [0.29, 0.717) is 5.76 Å². The predicted octanol–water partition coefficient (Wildman–Crippen LogP) is 4.08. The van der Waals surface area contributed by atoms with Crippen LogP contribution in [0.15, 0.2) is 47.2 Å². The van der Waals surface area contributed by atoms with Crippen LogP contribution in [0.3, 0.4) is 0 Å². The summed E-state index contributed by atoms with van der Waals surface area (Å²) < 4.78 is 47.8. The summed E-state index contributed by atoms with van der Waals surface area (Å²) in [5, 5.41) is 5.45. The number of anilines is 1. The van der Waals surface area contributed by atoms with Crippen molar-refractivity contribution in [1.82, 2.24) is 14.5 Å². The van der Waals surface area contributed by atoms with Crippen molar-refractivity contribution in [3.8, 4) is 0 Å². The fourth-order valence-electron chi connectivity index (χ4n) is 2.40. The highest BCUT2D eigenvalue weighted by Crippen LogP contribution is 2.36. The summed E-state index contributed by atoms with van der Waals surface area (Å²) in [6.45, 7) is -0.451. The van der Waals surface area contributed by atoms with Crippen molar-refractivity contribution in [2.75, 3.05) is 11.9 Å². The van der Waals surface area contributed by atoms with Crippen LogP contribution in [0.5, 0.6) is 0 Å². The smallest absolute Gasteiger partial charge is 0.417 e. The number of hydrogen-bond donors (Lipinski definition) is 1. The molecule has 0 radical (unpaired) electrons. The fourth-order valence-corrected chi connectivity index (χ4v) is 3.11. The Morgan fingerprint density at radius 2 is 2.07 bits per heavy atom. The SMILES string of the molecule is O=C(CN(Cc1ccco1)C(=O)c1cnns1)Nc1ccc(Cl)c(C(F)(F)F)c1. The van der Waals surface area contributed by atoms with E-state index in [1.54, 1.807) is 12.1 Å². The molecule has 12 heteroatoms. The van der Waals surface area contributed by atoms with Crippen LogP contribution in [-0.4, -0.2) is 32.8 Å². The number of carbonyl (C=O) groups excluding carboxylic acids is 2. The highest BCUT2D eigenvalue weighted by molar-refractivity contribution is 7.07. The van der Waals surface area contributed by atoms with Crippen LogP contribution < -0.4 is 5.32 Å². The molecule has 0 saturated heterocycles. The van der Waals surface area contributed by atoms with Gasteiger partial charge in [-0.3, -0.25) is 9.59 Å². The quantitative estimate of drug-likeness (QED) is 0.618. The zero-order valence-electron chi connectivity index (χ0n) is 14.4. The van der Waals surface area contributed by atoms with E-state index in [0.717, 1.165) is 23.7 Å². The van der Waals surface area contributed by atoms with E-state index in [2.05, 4.69) is 14.9 Å². The summed E-state index contributed by atoms with van der Waals surface area (Å²) in [6, 6.07) is 6.25. The third-order valence-corrected chi connectivity index (χ3v) is 4.66. The second-order valence-electron chi connectivity index (χ2n) is 5.76. The molecule has 0 aliphatic rings. The van der Waals surface area contributed by atoms with Gasteiger partial charge in [0.1, 0.15) is 17.2 Å². The molecule has 2 heterocycles. The number of alkyl halides is 3. The molecular weight excluding hydrogens is 433 g/mol. The lowest BCUT2D eigenvalue weighted by atomic mass is 10.2. The van der Waals surface area contributed by atoms with E-state index in [4.69, 9.17) is 16.0 Å². The minimum absolute atomic E-state index is 0.0222. The lowest BCUT2D eigenvalue weighted by molar-refractivity contribution is -0.137. The molecule has 0 aliphatic heterocycles. The standard InChI is InChI=1S/C17H12ClF3N4O3S/c18-13-4-3-10(6-12(13)17(19,20)21)23-15(26)9-25(8-11-2-1-5-28-11)16(27)14-7-22-24-29-14/h1-7H,8-9H2,(H,23,26). The van der Waals surface area contributed by atoms with Crippen molar-refractivity contribution >= 4 is 40.6 Å². The Balaban J connectivity index is 1.75. The monoisotopic (exact) mass is 444 g/mol. The minimum Gasteiger partial charge on any atom is -0.467 e. The van der Waals surface area contributed by atoms with Crippen molar-refractivity contribution < 1.29 is 27.2 Å². The summed E-state index contributed by atoms with van der Waals surface area (Å²) >= 11 is 6.43. The molecule has 2 aromatic heterocycles. The maximum absolute atomic E-state index is 13.0. The molecule has 7 nitrogen and oxygen atoms in total. The van der Waals surface area contributed by atoms with E-state index >= 15 is 0 Å². The number of rotatable bonds is 6. The molecule has 29 heavy (non-hydrogen) atoms. The zero-order chi connectivity index (χ0) is 21.0. The van der Waals surface area contributed by atoms with Gasteiger partial charge in [-0.2, -0.15) is 13.2 Å². The van der Waals surface area contributed by atoms with E-state index in [1.165, 1.54) is 23.4 Å². The highest BCUT2D eigenvalue weighted by atomic mass is 35.5. The molecule has 0 aliphatic carbocycles. The van der Waals surface area contributed by atoms with Gasteiger partial charge in [0.05, 0.1) is 29.6 Å². The van der Waals surface area contributed by atoms with Crippen LogP contribution in [0, 0.1) is 0 Å². The van der Waals surface area contributed by atoms with Crippen molar-refractivity contribution in [1.29, 1.82) is 0 Å². The second-order valence-corrected chi connectivity index (χ2v) is 6.96. The lowest BCUT2D eigenvalue weighted by Gasteiger charge is -2.20. The van der Waals surface area contributed by atoms with Crippen LogP contribution >= 0.6 is 23.1 Å². The third kappa shape index (κ3) is 5.33. The van der Waals surface area contributed by atoms with Crippen molar-refractivity contribution in [3.63, 3.8) is 0 Å². The predicted molar refractivity (Wildman–Crippen MR) is 98.4 cm³/mol. The first kappa shape index (κ1) is 20.8. The third-order valence-electron chi connectivity index (χ3n) is 3.68. The summed E-state index contributed by atoms with van der Waals surface area (Å²) in [5.74, 6) is -0.786. The Kier molecular flexibility index (Phi) is 6.18. The van der Waals surface area contributed by atoms with E-state index < -0.39 is 35.1 Å². The van der Waals surface area contributed by atoms with E-state index in [1.807, 2.05) is 0 Å². The first-order valence-electron chi connectivity index (χ1n) is 7.99. The van der Waals surface area contributed by atoms with Crippen LogP contribution in [0.4, 0.5) is 18.9 Å². The first-order valence-corrected chi connectivity index (χ1v) is 9.15. The highest BCUT2D eigenvalue weighted by Gasteiger charge is 2.33. The molecule has 0 fully saturated rings. The van der Waals surface area contributed by atoms with Gasteiger partial charge in [-0.05, 0) is 41.9 Å². The average Bonchev–Trinajstić information content (AvgIpc) is 3.35. The Labute approximate surface area is 171 Å². The van der Waals surface area contributed by atoms with Gasteiger partial charge in [-0.25, -0.2) is 0 Å². The van der Waals surface area contributed by atoms with Gasteiger partial charge in [0.15, 0.2) is 0 Å². The second kappa shape index (κ2) is 8.62. The molecule has 0 bridgehead atoms. The Hall–Kier alpha value is -2.92. The molecule has 3 rings (SSSR count). The van der Waals surface area contributed by atoms with Gasteiger partial charge in [-0.15, -0.1) is 5.10 Å². The molecule has 0 spiro atoms. The molecule has 3 aromatic rings. The Morgan fingerprint density at radius 3 is 2.69 bits per heavy atom. The number of nitrogens with one attached hydrogen (secondary N) is 1.